The summed E-state index contributed by atoms with van der Waals surface area (Å²) in [6.07, 6.45) is 4.08. The topological polar surface area (TPSA) is 51.5 Å². The SMILES string of the molecule is CCCCOc1ccc(NC(=O)Cc2coc3ccc4ccccc4c23)cc1. The van der Waals surface area contributed by atoms with E-state index in [1.165, 1.54) is 0 Å². The maximum absolute atomic E-state index is 12.6. The Kier molecular flexibility index (Phi) is 5.29. The third kappa shape index (κ3) is 3.86. The van der Waals surface area contributed by atoms with Crippen LogP contribution in [0.1, 0.15) is 25.3 Å². The number of benzene rings is 3. The highest BCUT2D eigenvalue weighted by atomic mass is 16.5. The molecule has 0 bridgehead atoms. The van der Waals surface area contributed by atoms with Crippen LogP contribution in [-0.4, -0.2) is 12.5 Å². The fourth-order valence-corrected chi connectivity index (χ4v) is 3.35. The first-order chi connectivity index (χ1) is 13.7. The number of unbranched alkanes of at least 4 members (excludes halogenated alkanes) is 1. The second kappa shape index (κ2) is 8.17. The van der Waals surface area contributed by atoms with Crippen LogP contribution in [0.4, 0.5) is 5.69 Å². The molecule has 0 aliphatic carbocycles. The van der Waals surface area contributed by atoms with E-state index in [1.54, 1.807) is 6.26 Å². The van der Waals surface area contributed by atoms with Crippen molar-refractivity contribution in [1.29, 1.82) is 0 Å². The monoisotopic (exact) mass is 373 g/mol. The van der Waals surface area contributed by atoms with E-state index in [0.717, 1.165) is 51.6 Å². The van der Waals surface area contributed by atoms with E-state index in [4.69, 9.17) is 9.15 Å². The molecule has 4 heteroatoms. The third-order valence-electron chi connectivity index (χ3n) is 4.80. The molecule has 3 aromatic carbocycles. The van der Waals surface area contributed by atoms with E-state index in [0.29, 0.717) is 6.61 Å². The summed E-state index contributed by atoms with van der Waals surface area (Å²) >= 11 is 0. The van der Waals surface area contributed by atoms with Crippen molar-refractivity contribution < 1.29 is 13.9 Å². The number of anilines is 1. The average molecular weight is 373 g/mol. The van der Waals surface area contributed by atoms with Gasteiger partial charge in [0.25, 0.3) is 0 Å². The number of hydrogen-bond acceptors (Lipinski definition) is 3. The van der Waals surface area contributed by atoms with Gasteiger partial charge in [0, 0.05) is 16.6 Å². The van der Waals surface area contributed by atoms with Gasteiger partial charge in [0.1, 0.15) is 11.3 Å². The van der Waals surface area contributed by atoms with Gasteiger partial charge in [0.15, 0.2) is 0 Å². The van der Waals surface area contributed by atoms with Gasteiger partial charge in [-0.3, -0.25) is 4.79 Å². The van der Waals surface area contributed by atoms with Gasteiger partial charge in [-0.25, -0.2) is 0 Å². The first-order valence-electron chi connectivity index (χ1n) is 9.65. The summed E-state index contributed by atoms with van der Waals surface area (Å²) in [6, 6.07) is 19.6. The van der Waals surface area contributed by atoms with Crippen molar-refractivity contribution in [2.75, 3.05) is 11.9 Å². The van der Waals surface area contributed by atoms with Crippen LogP contribution in [0.5, 0.6) is 5.75 Å². The number of hydrogen-bond donors (Lipinski definition) is 1. The Labute approximate surface area is 164 Å². The summed E-state index contributed by atoms with van der Waals surface area (Å²) in [7, 11) is 0. The van der Waals surface area contributed by atoms with E-state index in [9.17, 15) is 4.79 Å². The molecule has 0 saturated heterocycles. The lowest BCUT2D eigenvalue weighted by atomic mass is 10.0. The van der Waals surface area contributed by atoms with Crippen LogP contribution in [0.15, 0.2) is 71.3 Å². The van der Waals surface area contributed by atoms with Crippen LogP contribution in [0.3, 0.4) is 0 Å². The van der Waals surface area contributed by atoms with Crippen molar-refractivity contribution in [1.82, 2.24) is 0 Å². The zero-order valence-corrected chi connectivity index (χ0v) is 15.9. The van der Waals surface area contributed by atoms with Gasteiger partial charge in [-0.15, -0.1) is 0 Å². The molecule has 0 saturated carbocycles. The molecule has 1 heterocycles. The van der Waals surface area contributed by atoms with Crippen LogP contribution >= 0.6 is 0 Å². The molecule has 0 unspecified atom stereocenters. The van der Waals surface area contributed by atoms with E-state index in [-0.39, 0.29) is 12.3 Å². The van der Waals surface area contributed by atoms with E-state index in [2.05, 4.69) is 24.4 Å². The standard InChI is InChI=1S/C24H23NO3/c1-2-3-14-27-20-11-9-19(10-12-20)25-23(26)15-18-16-28-22-13-8-17-6-4-5-7-21(17)24(18)22/h4-13,16H,2-3,14-15H2,1H3,(H,25,26). The van der Waals surface area contributed by atoms with Gasteiger partial charge in [0.2, 0.25) is 5.91 Å². The smallest absolute Gasteiger partial charge is 0.228 e. The molecule has 4 aromatic rings. The van der Waals surface area contributed by atoms with Crippen molar-refractivity contribution in [3.05, 3.63) is 72.5 Å². The number of rotatable bonds is 7. The minimum absolute atomic E-state index is 0.0738. The average Bonchev–Trinajstić information content (AvgIpc) is 3.12. The van der Waals surface area contributed by atoms with Crippen molar-refractivity contribution in [2.24, 2.45) is 0 Å². The zero-order valence-electron chi connectivity index (χ0n) is 15.9. The Bertz CT molecular complexity index is 1100. The Hall–Kier alpha value is -3.27. The second-order valence-corrected chi connectivity index (χ2v) is 6.87. The minimum atomic E-state index is -0.0738. The van der Waals surface area contributed by atoms with Crippen molar-refractivity contribution in [3.8, 4) is 5.75 Å². The van der Waals surface area contributed by atoms with Crippen LogP contribution in [0.2, 0.25) is 0 Å². The molecule has 4 rings (SSSR count). The highest BCUT2D eigenvalue weighted by Gasteiger charge is 2.13. The van der Waals surface area contributed by atoms with Crippen molar-refractivity contribution in [3.63, 3.8) is 0 Å². The lowest BCUT2D eigenvalue weighted by Gasteiger charge is -2.08. The molecule has 0 aliphatic heterocycles. The molecule has 1 N–H and O–H groups in total. The Morgan fingerprint density at radius 2 is 1.86 bits per heavy atom. The summed E-state index contributed by atoms with van der Waals surface area (Å²) in [6.45, 7) is 2.84. The highest BCUT2D eigenvalue weighted by molar-refractivity contribution is 6.09. The summed E-state index contributed by atoms with van der Waals surface area (Å²) < 4.78 is 11.3. The quantitative estimate of drug-likeness (QED) is 0.408. The van der Waals surface area contributed by atoms with Crippen LogP contribution in [0, 0.1) is 0 Å². The van der Waals surface area contributed by atoms with Crippen molar-refractivity contribution in [2.45, 2.75) is 26.2 Å². The third-order valence-corrected chi connectivity index (χ3v) is 4.80. The fourth-order valence-electron chi connectivity index (χ4n) is 3.35. The first kappa shape index (κ1) is 18.1. The lowest BCUT2D eigenvalue weighted by molar-refractivity contribution is -0.115. The van der Waals surface area contributed by atoms with Gasteiger partial charge in [-0.05, 0) is 47.5 Å². The normalized spacial score (nSPS) is 11.0. The molecular weight excluding hydrogens is 350 g/mol. The molecule has 0 aliphatic rings. The summed E-state index contributed by atoms with van der Waals surface area (Å²) in [5, 5.41) is 6.20. The second-order valence-electron chi connectivity index (χ2n) is 6.87. The number of ether oxygens (including phenoxy) is 1. The fraction of sp³-hybridized carbons (Fsp3) is 0.208. The van der Waals surface area contributed by atoms with Gasteiger partial charge < -0.3 is 14.5 Å². The molecule has 0 fully saturated rings. The van der Waals surface area contributed by atoms with Crippen LogP contribution < -0.4 is 10.1 Å². The lowest BCUT2D eigenvalue weighted by Crippen LogP contribution is -2.14. The van der Waals surface area contributed by atoms with Gasteiger partial charge in [-0.1, -0.05) is 43.7 Å². The molecular formula is C24H23NO3. The number of furan rings is 1. The maximum Gasteiger partial charge on any atom is 0.228 e. The number of fused-ring (bicyclic) bond motifs is 3. The van der Waals surface area contributed by atoms with E-state index >= 15 is 0 Å². The van der Waals surface area contributed by atoms with Gasteiger partial charge in [0.05, 0.1) is 19.3 Å². The molecule has 4 nitrogen and oxygen atoms in total. The summed E-state index contributed by atoms with van der Waals surface area (Å²) in [5.41, 5.74) is 2.45. The molecule has 1 amide bonds. The van der Waals surface area contributed by atoms with Crippen LogP contribution in [0.25, 0.3) is 21.7 Å². The predicted octanol–water partition coefficient (Wildman–Crippen LogP) is 5.95. The minimum Gasteiger partial charge on any atom is -0.494 e. The number of carbonyl (C=O) groups excluding carboxylic acids is 1. The maximum atomic E-state index is 12.6. The Morgan fingerprint density at radius 1 is 1.04 bits per heavy atom. The Balaban J connectivity index is 1.47. The van der Waals surface area contributed by atoms with Gasteiger partial charge >= 0.3 is 0 Å². The highest BCUT2D eigenvalue weighted by Crippen LogP contribution is 2.30. The molecule has 0 spiro atoms. The molecule has 28 heavy (non-hydrogen) atoms. The van der Waals surface area contributed by atoms with E-state index in [1.807, 2.05) is 48.5 Å². The number of amides is 1. The molecule has 0 radical (unpaired) electrons. The number of carbonyl (C=O) groups is 1. The molecule has 142 valence electrons. The largest absolute Gasteiger partial charge is 0.494 e. The van der Waals surface area contributed by atoms with Gasteiger partial charge in [-0.2, -0.15) is 0 Å². The van der Waals surface area contributed by atoms with E-state index < -0.39 is 0 Å². The summed E-state index contributed by atoms with van der Waals surface area (Å²) in [4.78, 5) is 12.6. The zero-order chi connectivity index (χ0) is 19.3. The predicted molar refractivity (Wildman–Crippen MR) is 113 cm³/mol. The molecule has 0 atom stereocenters. The van der Waals surface area contributed by atoms with Crippen molar-refractivity contribution >= 4 is 33.3 Å². The van der Waals surface area contributed by atoms with Crippen LogP contribution in [-0.2, 0) is 11.2 Å². The number of nitrogens with one attached hydrogen (secondary N) is 1. The summed E-state index contributed by atoms with van der Waals surface area (Å²) in [5.74, 6) is 0.744. The first-order valence-corrected chi connectivity index (χ1v) is 9.65. The molecule has 1 aromatic heterocycles. The Morgan fingerprint density at radius 3 is 2.68 bits per heavy atom.